The van der Waals surface area contributed by atoms with Crippen LogP contribution in [0.5, 0.6) is 0 Å². The molecule has 114 valence electrons. The highest BCUT2D eigenvalue weighted by molar-refractivity contribution is 7.89. The molecule has 0 saturated carbocycles. The number of hydrogen-bond donors (Lipinski definition) is 1. The van der Waals surface area contributed by atoms with E-state index in [0.717, 1.165) is 19.5 Å². The van der Waals surface area contributed by atoms with Crippen molar-refractivity contribution in [2.45, 2.75) is 44.7 Å². The number of sulfonamides is 1. The topological polar surface area (TPSA) is 67.2 Å². The Labute approximate surface area is 121 Å². The first kappa shape index (κ1) is 15.5. The fraction of sp³-hybridized carbons (Fsp3) is 0.769. The van der Waals surface area contributed by atoms with E-state index in [1.54, 1.807) is 15.2 Å². The van der Waals surface area contributed by atoms with E-state index in [-0.39, 0.29) is 6.04 Å². The number of nitrogens with zero attached hydrogens (tertiary/aromatic N) is 3. The van der Waals surface area contributed by atoms with Gasteiger partial charge in [0.15, 0.2) is 0 Å². The largest absolute Gasteiger partial charge is 0.315 e. The van der Waals surface area contributed by atoms with Gasteiger partial charge in [-0.05, 0) is 25.8 Å². The summed E-state index contributed by atoms with van der Waals surface area (Å²) in [4.78, 5) is 0.301. The van der Waals surface area contributed by atoms with Gasteiger partial charge < -0.3 is 5.32 Å². The molecule has 2 unspecified atom stereocenters. The lowest BCUT2D eigenvalue weighted by Crippen LogP contribution is -2.33. The maximum atomic E-state index is 12.6. The van der Waals surface area contributed by atoms with Crippen LogP contribution >= 0.6 is 0 Å². The predicted octanol–water partition coefficient (Wildman–Crippen LogP) is 0.912. The van der Waals surface area contributed by atoms with Crippen molar-refractivity contribution in [2.24, 2.45) is 5.92 Å². The highest BCUT2D eigenvalue weighted by Gasteiger charge is 2.36. The van der Waals surface area contributed by atoms with Crippen LogP contribution in [0.2, 0.25) is 0 Å². The molecule has 0 amide bonds. The molecule has 1 aliphatic heterocycles. The predicted molar refractivity (Wildman–Crippen MR) is 77.9 cm³/mol. The Morgan fingerprint density at radius 1 is 1.45 bits per heavy atom. The number of likely N-dealkylation sites (N-methyl/N-ethyl adjacent to an activating group) is 1. The fourth-order valence-electron chi connectivity index (χ4n) is 2.70. The summed E-state index contributed by atoms with van der Waals surface area (Å²) in [6.07, 6.45) is 4.01. The molecule has 0 radical (unpaired) electrons. The minimum Gasteiger partial charge on any atom is -0.315 e. The Balaban J connectivity index is 2.10. The Morgan fingerprint density at radius 3 is 2.80 bits per heavy atom. The average molecular weight is 300 g/mol. The number of nitrogens with one attached hydrogen (secondary N) is 1. The molecule has 1 N–H and O–H groups in total. The molecular formula is C13H24N4O2S. The highest BCUT2D eigenvalue weighted by atomic mass is 32.2. The lowest BCUT2D eigenvalue weighted by atomic mass is 10.1. The van der Waals surface area contributed by atoms with Crippen molar-refractivity contribution >= 4 is 10.0 Å². The van der Waals surface area contributed by atoms with Crippen LogP contribution in [0.15, 0.2) is 17.3 Å². The summed E-state index contributed by atoms with van der Waals surface area (Å²) in [6, 6.07) is 0.0695. The maximum Gasteiger partial charge on any atom is 0.246 e. The van der Waals surface area contributed by atoms with E-state index in [0.29, 0.717) is 23.9 Å². The molecule has 2 atom stereocenters. The van der Waals surface area contributed by atoms with Gasteiger partial charge >= 0.3 is 0 Å². The van der Waals surface area contributed by atoms with Gasteiger partial charge in [-0.25, -0.2) is 8.42 Å². The highest BCUT2D eigenvalue weighted by Crippen LogP contribution is 2.28. The van der Waals surface area contributed by atoms with Crippen molar-refractivity contribution < 1.29 is 8.42 Å². The van der Waals surface area contributed by atoms with Crippen molar-refractivity contribution in [3.63, 3.8) is 0 Å². The van der Waals surface area contributed by atoms with Gasteiger partial charge in [-0.15, -0.1) is 0 Å². The summed E-state index contributed by atoms with van der Waals surface area (Å²) in [5.74, 6) is 0.420. The molecule has 0 aromatic carbocycles. The molecule has 2 heterocycles. The second-order valence-electron chi connectivity index (χ2n) is 5.56. The summed E-state index contributed by atoms with van der Waals surface area (Å²) in [5, 5.41) is 7.33. The van der Waals surface area contributed by atoms with E-state index in [4.69, 9.17) is 0 Å². The van der Waals surface area contributed by atoms with Crippen molar-refractivity contribution in [1.29, 1.82) is 0 Å². The lowest BCUT2D eigenvalue weighted by molar-refractivity contribution is 0.405. The maximum absolute atomic E-state index is 12.6. The third kappa shape index (κ3) is 3.21. The second-order valence-corrected chi connectivity index (χ2v) is 7.45. The molecule has 1 fully saturated rings. The fourth-order valence-corrected chi connectivity index (χ4v) is 4.42. The molecular weight excluding hydrogens is 276 g/mol. The molecule has 1 aromatic rings. The first-order valence-electron chi connectivity index (χ1n) is 7.20. The van der Waals surface area contributed by atoms with Crippen molar-refractivity contribution in [1.82, 2.24) is 19.4 Å². The van der Waals surface area contributed by atoms with Gasteiger partial charge in [0.1, 0.15) is 4.90 Å². The SMILES string of the molecule is CCNCCn1cc(S(=O)(=O)N2CC(C)CC2C)cn1. The molecule has 20 heavy (non-hydrogen) atoms. The number of rotatable bonds is 6. The van der Waals surface area contributed by atoms with E-state index in [1.807, 2.05) is 13.8 Å². The van der Waals surface area contributed by atoms with Crippen LogP contribution < -0.4 is 5.32 Å². The summed E-state index contributed by atoms with van der Waals surface area (Å²) < 4.78 is 28.5. The van der Waals surface area contributed by atoms with Gasteiger partial charge in [0.05, 0.1) is 12.7 Å². The minimum atomic E-state index is -3.40. The van der Waals surface area contributed by atoms with E-state index in [2.05, 4.69) is 17.3 Å². The van der Waals surface area contributed by atoms with Crippen LogP contribution in [0.3, 0.4) is 0 Å². The van der Waals surface area contributed by atoms with E-state index in [9.17, 15) is 8.42 Å². The van der Waals surface area contributed by atoms with Crippen molar-refractivity contribution in [2.75, 3.05) is 19.6 Å². The van der Waals surface area contributed by atoms with E-state index < -0.39 is 10.0 Å². The zero-order valence-electron chi connectivity index (χ0n) is 12.4. The van der Waals surface area contributed by atoms with Crippen LogP contribution in [0, 0.1) is 5.92 Å². The summed E-state index contributed by atoms with van der Waals surface area (Å²) >= 11 is 0. The van der Waals surface area contributed by atoms with Gasteiger partial charge in [-0.2, -0.15) is 9.40 Å². The molecule has 2 rings (SSSR count). The van der Waals surface area contributed by atoms with Gasteiger partial charge in [-0.3, -0.25) is 4.68 Å². The van der Waals surface area contributed by atoms with Crippen molar-refractivity contribution in [3.05, 3.63) is 12.4 Å². The number of hydrogen-bond acceptors (Lipinski definition) is 4. The zero-order chi connectivity index (χ0) is 14.8. The second kappa shape index (κ2) is 6.24. The zero-order valence-corrected chi connectivity index (χ0v) is 13.2. The van der Waals surface area contributed by atoms with Crippen LogP contribution in [0.25, 0.3) is 0 Å². The summed E-state index contributed by atoms with van der Waals surface area (Å²) in [7, 11) is -3.40. The standard InChI is InChI=1S/C13H24N4O2S/c1-4-14-5-6-16-10-13(8-15-16)20(18,19)17-9-11(2)7-12(17)3/h8,10-12,14H,4-7,9H2,1-3H3. The van der Waals surface area contributed by atoms with Crippen LogP contribution in [0.1, 0.15) is 27.2 Å². The van der Waals surface area contributed by atoms with Gasteiger partial charge in [0.25, 0.3) is 0 Å². The third-order valence-corrected chi connectivity index (χ3v) is 5.64. The number of aromatic nitrogens is 2. The molecule has 1 aliphatic rings. The Bertz CT molecular complexity index is 540. The molecule has 1 aromatic heterocycles. The van der Waals surface area contributed by atoms with Crippen LogP contribution in [-0.2, 0) is 16.6 Å². The Morgan fingerprint density at radius 2 is 2.20 bits per heavy atom. The summed E-state index contributed by atoms with van der Waals surface area (Å²) in [5.41, 5.74) is 0. The van der Waals surface area contributed by atoms with Crippen LogP contribution in [-0.4, -0.2) is 48.2 Å². The third-order valence-electron chi connectivity index (χ3n) is 3.71. The van der Waals surface area contributed by atoms with Gasteiger partial charge in [-0.1, -0.05) is 13.8 Å². The molecule has 0 bridgehead atoms. The Kier molecular flexibility index (Phi) is 4.82. The molecule has 7 heteroatoms. The summed E-state index contributed by atoms with van der Waals surface area (Å²) in [6.45, 7) is 9.06. The van der Waals surface area contributed by atoms with Crippen molar-refractivity contribution in [3.8, 4) is 0 Å². The first-order chi connectivity index (χ1) is 9.45. The quantitative estimate of drug-likeness (QED) is 0.793. The monoisotopic (exact) mass is 300 g/mol. The van der Waals surface area contributed by atoms with Gasteiger partial charge in [0.2, 0.25) is 10.0 Å². The van der Waals surface area contributed by atoms with E-state index in [1.165, 1.54) is 6.20 Å². The normalized spacial score (nSPS) is 24.4. The molecule has 0 aliphatic carbocycles. The first-order valence-corrected chi connectivity index (χ1v) is 8.64. The van der Waals surface area contributed by atoms with Gasteiger partial charge in [0, 0.05) is 25.3 Å². The minimum absolute atomic E-state index is 0.0695. The lowest BCUT2D eigenvalue weighted by Gasteiger charge is -2.19. The molecule has 0 spiro atoms. The van der Waals surface area contributed by atoms with E-state index >= 15 is 0 Å². The van der Waals surface area contributed by atoms with Crippen LogP contribution in [0.4, 0.5) is 0 Å². The Hall–Kier alpha value is -0.920. The molecule has 1 saturated heterocycles. The molecule has 6 nitrogen and oxygen atoms in total. The average Bonchev–Trinajstić information content (AvgIpc) is 2.97. The smallest absolute Gasteiger partial charge is 0.246 e.